The Morgan fingerprint density at radius 2 is 1.79 bits per heavy atom. The highest BCUT2D eigenvalue weighted by Gasteiger charge is 2.36. The van der Waals surface area contributed by atoms with Crippen LogP contribution >= 0.6 is 11.3 Å². The standard InChI is InChI=1S/C31H30FN3O3S/c1-2-38-28(36)18-20-9-15-23(16-10-20)33-31(37)35-19-25-24-6-3-4-8-27(24)39-30(25)34-17-5-7-26(34)29(35)21-11-13-22(32)14-12-21/h5,7,9-17,29H,2-4,6,8,18-19H2,1H3,(H,33,37)/t29-/m1/s1. The van der Waals surface area contributed by atoms with Crippen molar-refractivity contribution in [3.8, 4) is 5.00 Å². The summed E-state index contributed by atoms with van der Waals surface area (Å²) < 4.78 is 21.1. The van der Waals surface area contributed by atoms with E-state index in [1.807, 2.05) is 40.5 Å². The van der Waals surface area contributed by atoms with Crippen molar-refractivity contribution < 1.29 is 18.7 Å². The number of aryl methyl sites for hydroxylation is 1. The quantitative estimate of drug-likeness (QED) is 0.282. The molecule has 0 fully saturated rings. The predicted molar refractivity (Wildman–Crippen MR) is 150 cm³/mol. The number of rotatable bonds is 5. The average molecular weight is 544 g/mol. The van der Waals surface area contributed by atoms with Gasteiger partial charge in [-0.1, -0.05) is 24.3 Å². The van der Waals surface area contributed by atoms with Crippen molar-refractivity contribution in [3.63, 3.8) is 0 Å². The van der Waals surface area contributed by atoms with Crippen LogP contribution in [-0.2, 0) is 35.3 Å². The monoisotopic (exact) mass is 543 g/mol. The number of aromatic nitrogens is 1. The molecule has 39 heavy (non-hydrogen) atoms. The Labute approximate surface area is 231 Å². The van der Waals surface area contributed by atoms with E-state index >= 15 is 0 Å². The molecule has 1 N–H and O–H groups in total. The maximum Gasteiger partial charge on any atom is 0.322 e. The molecule has 1 atom stereocenters. The van der Waals surface area contributed by atoms with Gasteiger partial charge in [0.25, 0.3) is 0 Å². The van der Waals surface area contributed by atoms with Gasteiger partial charge in [0.2, 0.25) is 0 Å². The molecule has 2 aromatic heterocycles. The molecule has 6 rings (SSSR count). The SMILES string of the molecule is CCOC(=O)Cc1ccc(NC(=O)N2Cc3c(sc4c3CCCC4)-n3cccc3[C@H]2c2ccc(F)cc2)cc1. The number of nitrogens with zero attached hydrogens (tertiary/aromatic N) is 2. The van der Waals surface area contributed by atoms with E-state index in [9.17, 15) is 14.0 Å². The molecule has 0 saturated heterocycles. The Kier molecular flexibility index (Phi) is 6.95. The van der Waals surface area contributed by atoms with Crippen molar-refractivity contribution >= 4 is 29.0 Å². The van der Waals surface area contributed by atoms with Gasteiger partial charge in [0.1, 0.15) is 10.8 Å². The number of nitrogens with one attached hydrogen (secondary N) is 1. The number of halogens is 1. The molecule has 1 aliphatic heterocycles. The maximum absolute atomic E-state index is 14.0. The molecule has 0 bridgehead atoms. The van der Waals surface area contributed by atoms with Crippen LogP contribution in [0.15, 0.2) is 66.9 Å². The number of esters is 1. The third-order valence-electron chi connectivity index (χ3n) is 7.48. The minimum absolute atomic E-state index is 0.184. The van der Waals surface area contributed by atoms with Gasteiger partial charge in [-0.3, -0.25) is 4.79 Å². The molecule has 0 spiro atoms. The Bertz CT molecular complexity index is 1510. The molecule has 0 saturated carbocycles. The maximum atomic E-state index is 14.0. The Hall–Kier alpha value is -3.91. The zero-order chi connectivity index (χ0) is 26.9. The summed E-state index contributed by atoms with van der Waals surface area (Å²) in [4.78, 5) is 29.1. The molecule has 200 valence electrons. The third-order valence-corrected chi connectivity index (χ3v) is 8.82. The van der Waals surface area contributed by atoms with Crippen molar-refractivity contribution in [2.75, 3.05) is 11.9 Å². The minimum Gasteiger partial charge on any atom is -0.466 e. The van der Waals surface area contributed by atoms with Crippen LogP contribution < -0.4 is 5.32 Å². The van der Waals surface area contributed by atoms with E-state index in [1.165, 1.54) is 39.6 Å². The second-order valence-electron chi connectivity index (χ2n) is 9.99. The van der Waals surface area contributed by atoms with Crippen LogP contribution in [-0.4, -0.2) is 28.1 Å². The zero-order valence-electron chi connectivity index (χ0n) is 21.8. The summed E-state index contributed by atoms with van der Waals surface area (Å²) >= 11 is 1.83. The van der Waals surface area contributed by atoms with Crippen LogP contribution in [0.4, 0.5) is 14.9 Å². The van der Waals surface area contributed by atoms with E-state index in [4.69, 9.17) is 4.74 Å². The molecule has 4 aromatic rings. The lowest BCUT2D eigenvalue weighted by Crippen LogP contribution is -2.38. The summed E-state index contributed by atoms with van der Waals surface area (Å²) in [5.41, 5.74) is 5.85. The summed E-state index contributed by atoms with van der Waals surface area (Å²) in [5.74, 6) is -0.589. The molecule has 1 aliphatic carbocycles. The van der Waals surface area contributed by atoms with Crippen molar-refractivity contribution in [1.29, 1.82) is 0 Å². The fourth-order valence-corrected chi connectivity index (χ4v) is 7.07. The predicted octanol–water partition coefficient (Wildman–Crippen LogP) is 6.80. The lowest BCUT2D eigenvalue weighted by Gasteiger charge is -2.31. The first-order valence-electron chi connectivity index (χ1n) is 13.4. The lowest BCUT2D eigenvalue weighted by atomic mass is 9.95. The van der Waals surface area contributed by atoms with E-state index < -0.39 is 6.04 Å². The van der Waals surface area contributed by atoms with Crippen LogP contribution in [0.5, 0.6) is 0 Å². The molecule has 3 heterocycles. The third kappa shape index (κ3) is 4.96. The van der Waals surface area contributed by atoms with Gasteiger partial charge in [-0.05, 0) is 85.7 Å². The Morgan fingerprint density at radius 1 is 1.03 bits per heavy atom. The molecule has 6 nitrogen and oxygen atoms in total. The highest BCUT2D eigenvalue weighted by atomic mass is 32.1. The molecule has 2 aliphatic rings. The van der Waals surface area contributed by atoms with Gasteiger partial charge in [-0.15, -0.1) is 11.3 Å². The topological polar surface area (TPSA) is 63.6 Å². The molecule has 8 heteroatoms. The number of anilines is 1. The number of carbonyl (C=O) groups excluding carboxylic acids is 2. The summed E-state index contributed by atoms with van der Waals surface area (Å²) in [5, 5.41) is 4.25. The number of urea groups is 1. The van der Waals surface area contributed by atoms with E-state index in [-0.39, 0.29) is 24.2 Å². The molecule has 2 amide bonds. The second-order valence-corrected chi connectivity index (χ2v) is 11.1. The number of hydrogen-bond donors (Lipinski definition) is 1. The highest BCUT2D eigenvalue weighted by Crippen LogP contribution is 2.44. The average Bonchev–Trinajstić information content (AvgIpc) is 3.52. The van der Waals surface area contributed by atoms with Crippen LogP contribution in [0.3, 0.4) is 0 Å². The van der Waals surface area contributed by atoms with Crippen molar-refractivity contribution in [2.24, 2.45) is 0 Å². The van der Waals surface area contributed by atoms with Crippen LogP contribution in [0.25, 0.3) is 5.00 Å². The summed E-state index contributed by atoms with van der Waals surface area (Å²) in [6.07, 6.45) is 6.70. The highest BCUT2D eigenvalue weighted by molar-refractivity contribution is 7.15. The largest absolute Gasteiger partial charge is 0.466 e. The fourth-order valence-electron chi connectivity index (χ4n) is 5.66. The molecule has 0 unspecified atom stereocenters. The minimum atomic E-state index is -0.400. The van der Waals surface area contributed by atoms with Crippen LogP contribution in [0, 0.1) is 5.82 Å². The number of fused-ring (bicyclic) bond motifs is 5. The first kappa shape index (κ1) is 25.4. The van der Waals surface area contributed by atoms with E-state index in [2.05, 4.69) is 16.1 Å². The second kappa shape index (κ2) is 10.7. The molecule has 2 aromatic carbocycles. The number of carbonyl (C=O) groups is 2. The number of thiophene rings is 1. The van der Waals surface area contributed by atoms with Crippen LogP contribution in [0.2, 0.25) is 0 Å². The number of ether oxygens (including phenoxy) is 1. The van der Waals surface area contributed by atoms with E-state index in [1.54, 1.807) is 31.2 Å². The molecule has 0 radical (unpaired) electrons. The van der Waals surface area contributed by atoms with Crippen molar-refractivity contribution in [1.82, 2.24) is 9.47 Å². The molecular weight excluding hydrogens is 513 g/mol. The Morgan fingerprint density at radius 3 is 2.56 bits per heavy atom. The van der Waals surface area contributed by atoms with Crippen molar-refractivity contribution in [2.45, 2.75) is 51.6 Å². The van der Waals surface area contributed by atoms with Gasteiger partial charge in [0.15, 0.2) is 0 Å². The van der Waals surface area contributed by atoms with Gasteiger partial charge in [-0.2, -0.15) is 0 Å². The van der Waals surface area contributed by atoms with Gasteiger partial charge >= 0.3 is 12.0 Å². The normalized spacial score (nSPS) is 16.1. The van der Waals surface area contributed by atoms with Gasteiger partial charge in [-0.25, -0.2) is 9.18 Å². The van der Waals surface area contributed by atoms with Gasteiger partial charge in [0.05, 0.1) is 31.3 Å². The van der Waals surface area contributed by atoms with Crippen molar-refractivity contribution in [3.05, 3.63) is 106 Å². The summed E-state index contributed by atoms with van der Waals surface area (Å²) in [6, 6.07) is 17.1. The zero-order valence-corrected chi connectivity index (χ0v) is 22.6. The van der Waals surface area contributed by atoms with Crippen LogP contribution in [0.1, 0.15) is 58.6 Å². The summed E-state index contributed by atoms with van der Waals surface area (Å²) in [7, 11) is 0. The van der Waals surface area contributed by atoms with Gasteiger partial charge < -0.3 is 19.5 Å². The molecular formula is C31H30FN3O3S. The van der Waals surface area contributed by atoms with Gasteiger partial charge in [0, 0.05) is 22.3 Å². The van der Waals surface area contributed by atoms with E-state index in [0.29, 0.717) is 18.8 Å². The summed E-state index contributed by atoms with van der Waals surface area (Å²) in [6.45, 7) is 2.58. The number of benzene rings is 2. The number of hydrogen-bond acceptors (Lipinski definition) is 4. The number of amides is 2. The van der Waals surface area contributed by atoms with E-state index in [0.717, 1.165) is 36.1 Å². The first-order chi connectivity index (χ1) is 19.0. The lowest BCUT2D eigenvalue weighted by molar-refractivity contribution is -0.142. The first-order valence-corrected chi connectivity index (χ1v) is 14.2. The fraction of sp³-hybridized carbons (Fsp3) is 0.290. The Balaban J connectivity index is 1.36. The smallest absolute Gasteiger partial charge is 0.322 e.